The summed E-state index contributed by atoms with van der Waals surface area (Å²) < 4.78 is 5.51. The highest BCUT2D eigenvalue weighted by molar-refractivity contribution is 5.98. The molecule has 1 aromatic heterocycles. The van der Waals surface area contributed by atoms with Gasteiger partial charge in [-0.2, -0.15) is 0 Å². The number of hydrogen-bond donors (Lipinski definition) is 0. The predicted octanol–water partition coefficient (Wildman–Crippen LogP) is 3.67. The van der Waals surface area contributed by atoms with Gasteiger partial charge < -0.3 is 9.64 Å². The number of hydrazine groups is 1. The number of carbonyl (C=O) groups excluding carboxylic acids is 1. The molecule has 0 spiro atoms. The molecule has 152 valence electrons. The summed E-state index contributed by atoms with van der Waals surface area (Å²) >= 11 is 0. The highest BCUT2D eigenvalue weighted by Gasteiger charge is 2.26. The minimum Gasteiger partial charge on any atom is -0.495 e. The molecule has 0 bridgehead atoms. The molecule has 0 saturated carbocycles. The third-order valence-electron chi connectivity index (χ3n) is 4.87. The number of halogens is 1. The Balaban J connectivity index is 0.00000280. The van der Waals surface area contributed by atoms with E-state index >= 15 is 0 Å². The van der Waals surface area contributed by atoms with Crippen LogP contribution in [0.4, 0.5) is 11.5 Å². The Morgan fingerprint density at radius 2 is 1.86 bits per heavy atom. The van der Waals surface area contributed by atoms with E-state index in [9.17, 15) is 4.79 Å². The number of ketones is 1. The minimum atomic E-state index is 0. The predicted molar refractivity (Wildman–Crippen MR) is 116 cm³/mol. The zero-order valence-electron chi connectivity index (χ0n) is 16.8. The van der Waals surface area contributed by atoms with Gasteiger partial charge in [0.2, 0.25) is 0 Å². The fraction of sp³-hybridized carbons (Fsp3) is 0.429. The summed E-state index contributed by atoms with van der Waals surface area (Å²) in [4.78, 5) is 18.9. The SMILES string of the molecule is CCCN(c1ncccc1C(C)=O)N1CCN(c2ccccc2OC)CC1.Cl. The van der Waals surface area contributed by atoms with Crippen molar-refractivity contribution in [3.8, 4) is 5.75 Å². The van der Waals surface area contributed by atoms with Crippen LogP contribution in [0.15, 0.2) is 42.6 Å². The maximum absolute atomic E-state index is 12.1. The number of piperazine rings is 1. The average Bonchev–Trinajstić information content (AvgIpc) is 2.72. The molecule has 3 rings (SSSR count). The van der Waals surface area contributed by atoms with Crippen LogP contribution in [0.25, 0.3) is 0 Å². The molecule has 1 aromatic carbocycles. The molecule has 2 aromatic rings. The van der Waals surface area contributed by atoms with E-state index < -0.39 is 0 Å². The van der Waals surface area contributed by atoms with Crippen molar-refractivity contribution in [1.82, 2.24) is 9.99 Å². The highest BCUT2D eigenvalue weighted by Crippen LogP contribution is 2.29. The summed E-state index contributed by atoms with van der Waals surface area (Å²) in [7, 11) is 1.71. The van der Waals surface area contributed by atoms with Crippen molar-refractivity contribution in [3.63, 3.8) is 0 Å². The van der Waals surface area contributed by atoms with Crippen LogP contribution < -0.4 is 14.6 Å². The average molecular weight is 405 g/mol. The smallest absolute Gasteiger partial charge is 0.163 e. The van der Waals surface area contributed by atoms with Gasteiger partial charge in [-0.1, -0.05) is 19.1 Å². The Bertz CT molecular complexity index is 779. The van der Waals surface area contributed by atoms with Gasteiger partial charge >= 0.3 is 0 Å². The summed E-state index contributed by atoms with van der Waals surface area (Å²) in [5.41, 5.74) is 1.81. The van der Waals surface area contributed by atoms with Gasteiger partial charge in [0.25, 0.3) is 0 Å². The molecule has 0 amide bonds. The molecule has 1 saturated heterocycles. The van der Waals surface area contributed by atoms with Crippen LogP contribution in [0.5, 0.6) is 5.75 Å². The maximum atomic E-state index is 12.1. The number of methoxy groups -OCH3 is 1. The molecular formula is C21H29ClN4O2. The van der Waals surface area contributed by atoms with Crippen molar-refractivity contribution >= 4 is 29.7 Å². The molecular weight excluding hydrogens is 376 g/mol. The van der Waals surface area contributed by atoms with E-state index in [4.69, 9.17) is 4.74 Å². The van der Waals surface area contributed by atoms with Gasteiger partial charge in [-0.05, 0) is 37.6 Å². The van der Waals surface area contributed by atoms with Gasteiger partial charge in [-0.15, -0.1) is 12.4 Å². The second kappa shape index (κ2) is 10.3. The molecule has 6 nitrogen and oxygen atoms in total. The molecule has 2 heterocycles. The molecule has 0 aliphatic carbocycles. The topological polar surface area (TPSA) is 48.9 Å². The van der Waals surface area contributed by atoms with Crippen LogP contribution >= 0.6 is 12.4 Å². The highest BCUT2D eigenvalue weighted by atomic mass is 35.5. The van der Waals surface area contributed by atoms with Gasteiger partial charge in [0.05, 0.1) is 18.4 Å². The van der Waals surface area contributed by atoms with Crippen LogP contribution in [-0.2, 0) is 0 Å². The lowest BCUT2D eigenvalue weighted by Crippen LogP contribution is -2.55. The van der Waals surface area contributed by atoms with Gasteiger partial charge in [-0.25, -0.2) is 9.99 Å². The number of carbonyl (C=O) groups is 1. The number of aromatic nitrogens is 1. The third kappa shape index (κ3) is 4.75. The third-order valence-corrected chi connectivity index (χ3v) is 4.87. The second-order valence-electron chi connectivity index (χ2n) is 6.67. The lowest BCUT2D eigenvalue weighted by molar-refractivity contribution is 0.101. The Labute approximate surface area is 173 Å². The number of ether oxygens (including phenoxy) is 1. The number of nitrogens with zero attached hydrogens (tertiary/aromatic N) is 4. The number of rotatable bonds is 7. The fourth-order valence-electron chi connectivity index (χ4n) is 3.54. The molecule has 0 unspecified atom stereocenters. The number of Topliss-reactive ketones (excluding diaryl/α,β-unsaturated/α-hetero) is 1. The van der Waals surface area contributed by atoms with E-state index in [1.54, 1.807) is 20.2 Å². The molecule has 28 heavy (non-hydrogen) atoms. The molecule has 0 radical (unpaired) electrons. The van der Waals surface area contributed by atoms with Crippen LogP contribution in [0.1, 0.15) is 30.6 Å². The van der Waals surface area contributed by atoms with Crippen molar-refractivity contribution in [1.29, 1.82) is 0 Å². The molecule has 0 N–H and O–H groups in total. The number of benzene rings is 1. The Kier molecular flexibility index (Phi) is 8.08. The molecule has 1 aliphatic rings. The summed E-state index contributed by atoms with van der Waals surface area (Å²) in [6.45, 7) is 8.11. The molecule has 0 atom stereocenters. The first-order valence-corrected chi connectivity index (χ1v) is 9.52. The number of pyridine rings is 1. The van der Waals surface area contributed by atoms with Gasteiger partial charge in [-0.3, -0.25) is 9.80 Å². The molecule has 7 heteroatoms. The Morgan fingerprint density at radius 1 is 1.14 bits per heavy atom. The van der Waals surface area contributed by atoms with Gasteiger partial charge in [0.1, 0.15) is 5.75 Å². The standard InChI is InChI=1S/C21H28N4O2.ClH/c1-4-12-25(21-18(17(2)26)8-7-11-22-21)24-15-13-23(14-16-24)19-9-5-6-10-20(19)27-3;/h5-11H,4,12-16H2,1-3H3;1H. The van der Waals surface area contributed by atoms with Crippen LogP contribution in [0.2, 0.25) is 0 Å². The zero-order valence-corrected chi connectivity index (χ0v) is 17.6. The van der Waals surface area contributed by atoms with E-state index in [0.717, 1.165) is 56.4 Å². The molecule has 1 aliphatic heterocycles. The largest absolute Gasteiger partial charge is 0.495 e. The summed E-state index contributed by atoms with van der Waals surface area (Å²) in [5.74, 6) is 1.71. The minimum absolute atomic E-state index is 0. The number of hydrogen-bond acceptors (Lipinski definition) is 6. The number of para-hydroxylation sites is 2. The number of anilines is 2. The first kappa shape index (κ1) is 22.0. The van der Waals surface area contributed by atoms with Gasteiger partial charge in [0.15, 0.2) is 11.6 Å². The molecule has 1 fully saturated rings. The quantitative estimate of drug-likeness (QED) is 0.656. The Morgan fingerprint density at radius 3 is 2.50 bits per heavy atom. The van der Waals surface area contributed by atoms with Crippen molar-refractivity contribution in [3.05, 3.63) is 48.2 Å². The fourth-order valence-corrected chi connectivity index (χ4v) is 3.54. The van der Waals surface area contributed by atoms with Crippen molar-refractivity contribution in [2.45, 2.75) is 20.3 Å². The van der Waals surface area contributed by atoms with Crippen LogP contribution in [0, 0.1) is 0 Å². The second-order valence-corrected chi connectivity index (χ2v) is 6.67. The summed E-state index contributed by atoms with van der Waals surface area (Å²) in [6.07, 6.45) is 2.75. The van der Waals surface area contributed by atoms with Crippen molar-refractivity contribution in [2.75, 3.05) is 49.7 Å². The van der Waals surface area contributed by atoms with Gasteiger partial charge in [0, 0.05) is 38.9 Å². The van der Waals surface area contributed by atoms with E-state index in [1.807, 2.05) is 30.3 Å². The van der Waals surface area contributed by atoms with Crippen LogP contribution in [0.3, 0.4) is 0 Å². The van der Waals surface area contributed by atoms with E-state index in [-0.39, 0.29) is 18.2 Å². The van der Waals surface area contributed by atoms with E-state index in [2.05, 4.69) is 32.9 Å². The summed E-state index contributed by atoms with van der Waals surface area (Å²) in [5, 5.41) is 4.49. The zero-order chi connectivity index (χ0) is 19.2. The van der Waals surface area contributed by atoms with E-state index in [1.165, 1.54) is 0 Å². The lowest BCUT2D eigenvalue weighted by Gasteiger charge is -2.43. The van der Waals surface area contributed by atoms with Crippen LogP contribution in [-0.4, -0.2) is 55.6 Å². The first-order chi connectivity index (χ1) is 13.2. The normalized spacial score (nSPS) is 14.3. The summed E-state index contributed by atoms with van der Waals surface area (Å²) in [6, 6.07) is 11.8. The van der Waals surface area contributed by atoms with Crippen molar-refractivity contribution < 1.29 is 9.53 Å². The first-order valence-electron chi connectivity index (χ1n) is 9.52. The Hall–Kier alpha value is -2.31. The monoisotopic (exact) mass is 404 g/mol. The lowest BCUT2D eigenvalue weighted by atomic mass is 10.2. The maximum Gasteiger partial charge on any atom is 0.163 e. The van der Waals surface area contributed by atoms with Crippen molar-refractivity contribution in [2.24, 2.45) is 0 Å². The van der Waals surface area contributed by atoms with E-state index in [0.29, 0.717) is 5.56 Å².